The lowest BCUT2D eigenvalue weighted by molar-refractivity contribution is -0.140. The smallest absolute Gasteiger partial charge is 0.407 e. The highest BCUT2D eigenvalue weighted by molar-refractivity contribution is 5.86. The van der Waals surface area contributed by atoms with Crippen LogP contribution in [0.3, 0.4) is 0 Å². The third-order valence-corrected chi connectivity index (χ3v) is 5.90. The molecule has 32 heavy (non-hydrogen) atoms. The first-order valence-electron chi connectivity index (χ1n) is 11.3. The van der Waals surface area contributed by atoms with Gasteiger partial charge in [-0.25, -0.2) is 9.59 Å². The van der Waals surface area contributed by atoms with Gasteiger partial charge < -0.3 is 19.2 Å². The van der Waals surface area contributed by atoms with Crippen LogP contribution >= 0.6 is 0 Å². The maximum atomic E-state index is 12.8. The first kappa shape index (κ1) is 23.8. The standard InChI is InChI=1S/C25H33NO6/c1-6-17-13-21(27)31-22-15(2)20(12-11-19(17)22)30-23(28)18-9-7-16(8-10-18)14-26-24(29)32-25(3,4)5/h11-13,16,18H,6-10,14H2,1-5H3,(H,26,29). The van der Waals surface area contributed by atoms with E-state index in [1.54, 1.807) is 13.0 Å². The highest BCUT2D eigenvalue weighted by Crippen LogP contribution is 2.32. The number of benzene rings is 1. The van der Waals surface area contributed by atoms with Gasteiger partial charge in [-0.2, -0.15) is 0 Å². The van der Waals surface area contributed by atoms with E-state index < -0.39 is 17.3 Å². The number of aryl methyl sites for hydroxylation is 2. The van der Waals surface area contributed by atoms with Gasteiger partial charge in [0, 0.05) is 23.6 Å². The molecule has 1 aliphatic carbocycles. The van der Waals surface area contributed by atoms with Gasteiger partial charge >= 0.3 is 17.7 Å². The normalized spacial score (nSPS) is 18.9. The Morgan fingerprint density at radius 2 is 1.84 bits per heavy atom. The third-order valence-electron chi connectivity index (χ3n) is 5.90. The Balaban J connectivity index is 1.57. The summed E-state index contributed by atoms with van der Waals surface area (Å²) in [7, 11) is 0. The molecule has 1 fully saturated rings. The van der Waals surface area contributed by atoms with Crippen LogP contribution in [0.25, 0.3) is 11.0 Å². The van der Waals surface area contributed by atoms with Crippen molar-refractivity contribution in [3.63, 3.8) is 0 Å². The molecule has 1 aliphatic rings. The number of carbonyl (C=O) groups is 2. The molecule has 1 saturated carbocycles. The maximum Gasteiger partial charge on any atom is 0.407 e. The molecule has 2 aromatic rings. The number of rotatable bonds is 5. The molecule has 1 N–H and O–H groups in total. The summed E-state index contributed by atoms with van der Waals surface area (Å²) in [5.74, 6) is 0.292. The molecule has 1 amide bonds. The number of hydrogen-bond acceptors (Lipinski definition) is 6. The third kappa shape index (κ3) is 5.90. The molecule has 174 valence electrons. The predicted octanol–water partition coefficient (Wildman–Crippen LogP) is 4.90. The summed E-state index contributed by atoms with van der Waals surface area (Å²) in [5, 5.41) is 3.68. The summed E-state index contributed by atoms with van der Waals surface area (Å²) in [4.78, 5) is 36.5. The van der Waals surface area contributed by atoms with E-state index in [0.29, 0.717) is 48.6 Å². The summed E-state index contributed by atoms with van der Waals surface area (Å²) < 4.78 is 16.4. The van der Waals surface area contributed by atoms with Crippen molar-refractivity contribution < 1.29 is 23.5 Å². The minimum Gasteiger partial charge on any atom is -0.444 e. The molecule has 1 aromatic heterocycles. The second-order valence-corrected chi connectivity index (χ2v) is 9.53. The Hall–Kier alpha value is -2.83. The number of nitrogens with one attached hydrogen (secondary N) is 1. The molecular formula is C25H33NO6. The average Bonchev–Trinajstić information content (AvgIpc) is 2.73. The van der Waals surface area contributed by atoms with Gasteiger partial charge in [-0.3, -0.25) is 4.79 Å². The van der Waals surface area contributed by atoms with E-state index in [4.69, 9.17) is 13.9 Å². The van der Waals surface area contributed by atoms with Crippen LogP contribution in [0.1, 0.15) is 64.5 Å². The summed E-state index contributed by atoms with van der Waals surface area (Å²) in [6.07, 6.45) is 3.39. The van der Waals surface area contributed by atoms with Crippen LogP contribution < -0.4 is 15.7 Å². The highest BCUT2D eigenvalue weighted by Gasteiger charge is 2.29. The van der Waals surface area contributed by atoms with Gasteiger partial charge in [-0.05, 0) is 83.4 Å². The predicted molar refractivity (Wildman–Crippen MR) is 122 cm³/mol. The molecule has 0 unspecified atom stereocenters. The number of fused-ring (bicyclic) bond motifs is 1. The van der Waals surface area contributed by atoms with Crippen LogP contribution in [0.4, 0.5) is 4.79 Å². The molecule has 7 heteroatoms. The summed E-state index contributed by atoms with van der Waals surface area (Å²) in [6, 6.07) is 5.11. The highest BCUT2D eigenvalue weighted by atomic mass is 16.6. The largest absolute Gasteiger partial charge is 0.444 e. The molecule has 3 rings (SSSR count). The zero-order valence-corrected chi connectivity index (χ0v) is 19.6. The van der Waals surface area contributed by atoms with Crippen LogP contribution in [0.15, 0.2) is 27.4 Å². The number of ether oxygens (including phenoxy) is 2. The lowest BCUT2D eigenvalue weighted by Crippen LogP contribution is -2.36. The van der Waals surface area contributed by atoms with E-state index in [1.165, 1.54) is 6.07 Å². The molecule has 7 nitrogen and oxygen atoms in total. The molecule has 0 aliphatic heterocycles. The van der Waals surface area contributed by atoms with Crippen LogP contribution in [-0.4, -0.2) is 24.2 Å². The number of carbonyl (C=O) groups excluding carboxylic acids is 2. The van der Waals surface area contributed by atoms with Gasteiger partial charge in [0.2, 0.25) is 0 Å². The van der Waals surface area contributed by atoms with E-state index in [1.807, 2.05) is 33.8 Å². The van der Waals surface area contributed by atoms with E-state index in [-0.39, 0.29) is 11.9 Å². The average molecular weight is 444 g/mol. The van der Waals surface area contributed by atoms with Crippen molar-refractivity contribution in [2.75, 3.05) is 6.54 Å². The first-order chi connectivity index (χ1) is 15.1. The summed E-state index contributed by atoms with van der Waals surface area (Å²) in [6.45, 7) is 9.81. The van der Waals surface area contributed by atoms with Crippen molar-refractivity contribution in [3.8, 4) is 5.75 Å². The lowest BCUT2D eigenvalue weighted by Gasteiger charge is -2.28. The van der Waals surface area contributed by atoms with Gasteiger partial charge in [-0.15, -0.1) is 0 Å². The topological polar surface area (TPSA) is 94.8 Å². The van der Waals surface area contributed by atoms with Gasteiger partial charge in [0.25, 0.3) is 0 Å². The Kier molecular flexibility index (Phi) is 7.26. The van der Waals surface area contributed by atoms with E-state index in [9.17, 15) is 14.4 Å². The van der Waals surface area contributed by atoms with Crippen molar-refractivity contribution in [2.24, 2.45) is 11.8 Å². The fourth-order valence-corrected chi connectivity index (χ4v) is 4.15. The Bertz CT molecular complexity index is 1040. The minimum atomic E-state index is -0.521. The van der Waals surface area contributed by atoms with Gasteiger partial charge in [0.1, 0.15) is 16.9 Å². The van der Waals surface area contributed by atoms with E-state index >= 15 is 0 Å². The fourth-order valence-electron chi connectivity index (χ4n) is 4.15. The summed E-state index contributed by atoms with van der Waals surface area (Å²) in [5.41, 5.74) is 1.11. The second kappa shape index (κ2) is 9.76. The van der Waals surface area contributed by atoms with E-state index in [2.05, 4.69) is 5.32 Å². The Morgan fingerprint density at radius 3 is 2.47 bits per heavy atom. The zero-order chi connectivity index (χ0) is 23.5. The second-order valence-electron chi connectivity index (χ2n) is 9.53. The van der Waals surface area contributed by atoms with Crippen molar-refractivity contribution >= 4 is 23.0 Å². The molecule has 0 saturated heterocycles. The lowest BCUT2D eigenvalue weighted by atomic mass is 9.82. The first-order valence-corrected chi connectivity index (χ1v) is 11.3. The summed E-state index contributed by atoms with van der Waals surface area (Å²) >= 11 is 0. The molecule has 0 bridgehead atoms. The minimum absolute atomic E-state index is 0.183. The molecule has 1 heterocycles. The Morgan fingerprint density at radius 1 is 1.16 bits per heavy atom. The number of hydrogen-bond donors (Lipinski definition) is 1. The van der Waals surface area contributed by atoms with Gasteiger partial charge in [0.05, 0.1) is 5.92 Å². The van der Waals surface area contributed by atoms with Crippen molar-refractivity contribution in [3.05, 3.63) is 39.7 Å². The molecular weight excluding hydrogens is 410 g/mol. The molecule has 0 atom stereocenters. The monoisotopic (exact) mass is 443 g/mol. The van der Waals surface area contributed by atoms with Crippen molar-refractivity contribution in [2.45, 2.75) is 72.3 Å². The fraction of sp³-hybridized carbons (Fsp3) is 0.560. The molecule has 0 radical (unpaired) electrons. The number of amides is 1. The SMILES string of the molecule is CCc1cc(=O)oc2c(C)c(OC(=O)C3CCC(CNC(=O)OC(C)(C)C)CC3)ccc12. The van der Waals surface area contributed by atoms with Crippen LogP contribution in [-0.2, 0) is 16.0 Å². The van der Waals surface area contributed by atoms with Gasteiger partial charge in [-0.1, -0.05) is 6.92 Å². The van der Waals surface area contributed by atoms with Crippen molar-refractivity contribution in [1.29, 1.82) is 0 Å². The molecule has 1 aromatic carbocycles. The van der Waals surface area contributed by atoms with E-state index in [0.717, 1.165) is 23.8 Å². The molecule has 0 spiro atoms. The number of alkyl carbamates (subject to hydrolysis) is 1. The maximum absolute atomic E-state index is 12.8. The van der Waals surface area contributed by atoms with Crippen LogP contribution in [0, 0.1) is 18.8 Å². The van der Waals surface area contributed by atoms with Crippen molar-refractivity contribution in [1.82, 2.24) is 5.32 Å². The Labute approximate surface area is 188 Å². The van der Waals surface area contributed by atoms with Crippen LogP contribution in [0.5, 0.6) is 5.75 Å². The number of esters is 1. The quantitative estimate of drug-likeness (QED) is 0.401. The zero-order valence-electron chi connectivity index (χ0n) is 19.6. The van der Waals surface area contributed by atoms with Crippen LogP contribution in [0.2, 0.25) is 0 Å². The van der Waals surface area contributed by atoms with Gasteiger partial charge in [0.15, 0.2) is 0 Å².